The molecular formula is C17H15ClN2O4. The van der Waals surface area contributed by atoms with Gasteiger partial charge in [0.25, 0.3) is 5.89 Å². The molecule has 0 aliphatic heterocycles. The van der Waals surface area contributed by atoms with Crippen LogP contribution in [0.25, 0.3) is 22.6 Å². The summed E-state index contributed by atoms with van der Waals surface area (Å²) in [6.45, 7) is 0. The fraction of sp³-hybridized carbons (Fsp3) is 0.353. The van der Waals surface area contributed by atoms with Gasteiger partial charge in [-0.1, -0.05) is 11.6 Å². The average Bonchev–Trinajstić information content (AvgIpc) is 3.21. The lowest BCUT2D eigenvalue weighted by molar-refractivity contribution is -0.142. The molecule has 6 nitrogen and oxygen atoms in total. The molecule has 0 spiro atoms. The number of carbonyl (C=O) groups is 1. The Morgan fingerprint density at radius 3 is 2.67 bits per heavy atom. The van der Waals surface area contributed by atoms with E-state index >= 15 is 0 Å². The molecule has 1 fully saturated rings. The maximum absolute atomic E-state index is 11.0. The smallest absolute Gasteiger partial charge is 0.306 e. The lowest BCUT2D eigenvalue weighted by Gasteiger charge is -2.23. The number of hydrogen-bond acceptors (Lipinski definition) is 5. The second kappa shape index (κ2) is 5.94. The molecule has 7 heteroatoms. The van der Waals surface area contributed by atoms with Crippen molar-refractivity contribution >= 4 is 28.5 Å². The SMILES string of the molecule is O=C(O)C1CCC(c2nnc(-c3cc4cc(Cl)ccc4o3)o2)CC1. The second-order valence-corrected chi connectivity index (χ2v) is 6.56. The van der Waals surface area contributed by atoms with E-state index in [-0.39, 0.29) is 11.8 Å². The highest BCUT2D eigenvalue weighted by Gasteiger charge is 2.30. The summed E-state index contributed by atoms with van der Waals surface area (Å²) in [5, 5.41) is 18.8. The van der Waals surface area contributed by atoms with Gasteiger partial charge in [0.05, 0.1) is 5.92 Å². The highest BCUT2D eigenvalue weighted by Crippen LogP contribution is 2.37. The minimum atomic E-state index is -0.722. The standard InChI is InChI=1S/C17H15ClN2O4/c18-12-5-6-13-11(7-12)8-14(23-13)16-20-19-15(24-16)9-1-3-10(4-2-9)17(21)22/h5-10H,1-4H2,(H,21,22). The van der Waals surface area contributed by atoms with E-state index in [1.165, 1.54) is 0 Å². The molecule has 0 radical (unpaired) electrons. The van der Waals surface area contributed by atoms with Crippen LogP contribution in [-0.4, -0.2) is 21.3 Å². The number of halogens is 1. The zero-order valence-corrected chi connectivity index (χ0v) is 13.5. The van der Waals surface area contributed by atoms with Crippen LogP contribution in [0.4, 0.5) is 0 Å². The first-order chi connectivity index (χ1) is 11.6. The van der Waals surface area contributed by atoms with Crippen LogP contribution in [0, 0.1) is 5.92 Å². The Bertz CT molecular complexity index is 893. The number of furan rings is 1. The van der Waals surface area contributed by atoms with Crippen molar-refractivity contribution in [3.8, 4) is 11.7 Å². The molecule has 24 heavy (non-hydrogen) atoms. The number of carboxylic acid groups (broad SMARTS) is 1. The summed E-state index contributed by atoms with van der Waals surface area (Å²) < 4.78 is 11.5. The minimum absolute atomic E-state index is 0.112. The van der Waals surface area contributed by atoms with E-state index in [1.54, 1.807) is 12.1 Å². The van der Waals surface area contributed by atoms with Gasteiger partial charge in [-0.15, -0.1) is 10.2 Å². The number of carboxylic acids is 1. The van der Waals surface area contributed by atoms with Crippen LogP contribution in [0.15, 0.2) is 33.1 Å². The molecule has 0 amide bonds. The normalized spacial score (nSPS) is 21.2. The molecule has 124 valence electrons. The van der Waals surface area contributed by atoms with E-state index in [0.29, 0.717) is 41.0 Å². The Morgan fingerprint density at radius 2 is 1.92 bits per heavy atom. The number of aliphatic carboxylic acids is 1. The quantitative estimate of drug-likeness (QED) is 0.751. The molecule has 2 heterocycles. The maximum Gasteiger partial charge on any atom is 0.306 e. The van der Waals surface area contributed by atoms with Gasteiger partial charge in [-0.3, -0.25) is 4.79 Å². The Kier molecular flexibility index (Phi) is 3.76. The molecule has 2 aromatic heterocycles. The molecule has 1 aliphatic carbocycles. The molecular weight excluding hydrogens is 332 g/mol. The lowest BCUT2D eigenvalue weighted by Crippen LogP contribution is -2.20. The summed E-state index contributed by atoms with van der Waals surface area (Å²) in [6.07, 6.45) is 2.77. The van der Waals surface area contributed by atoms with Gasteiger partial charge in [-0.25, -0.2) is 0 Å². The largest absolute Gasteiger partial charge is 0.481 e. The highest BCUT2D eigenvalue weighted by molar-refractivity contribution is 6.31. The van der Waals surface area contributed by atoms with Crippen LogP contribution in [0.3, 0.4) is 0 Å². The molecule has 3 aromatic rings. The molecule has 0 unspecified atom stereocenters. The summed E-state index contributed by atoms with van der Waals surface area (Å²) in [5.74, 6) is 0.514. The first kappa shape index (κ1) is 15.2. The first-order valence-corrected chi connectivity index (χ1v) is 8.23. The van der Waals surface area contributed by atoms with Gasteiger partial charge in [0.1, 0.15) is 5.58 Å². The van der Waals surface area contributed by atoms with Gasteiger partial charge in [-0.2, -0.15) is 0 Å². The van der Waals surface area contributed by atoms with E-state index in [2.05, 4.69) is 10.2 Å². The molecule has 0 bridgehead atoms. The zero-order valence-electron chi connectivity index (χ0n) is 12.7. The van der Waals surface area contributed by atoms with Crippen molar-refractivity contribution in [2.75, 3.05) is 0 Å². The third-order valence-electron chi connectivity index (χ3n) is 4.56. The van der Waals surface area contributed by atoms with E-state index in [1.807, 2.05) is 12.1 Å². The Morgan fingerprint density at radius 1 is 1.12 bits per heavy atom. The van der Waals surface area contributed by atoms with Gasteiger partial charge >= 0.3 is 5.97 Å². The van der Waals surface area contributed by atoms with Crippen LogP contribution in [0.2, 0.25) is 5.02 Å². The van der Waals surface area contributed by atoms with Crippen LogP contribution >= 0.6 is 11.6 Å². The number of rotatable bonds is 3. The number of hydrogen-bond donors (Lipinski definition) is 1. The topological polar surface area (TPSA) is 89.4 Å². The second-order valence-electron chi connectivity index (χ2n) is 6.13. The van der Waals surface area contributed by atoms with Gasteiger partial charge < -0.3 is 13.9 Å². The summed E-state index contributed by atoms with van der Waals surface area (Å²) in [5.41, 5.74) is 0.705. The first-order valence-electron chi connectivity index (χ1n) is 7.86. The third-order valence-corrected chi connectivity index (χ3v) is 4.79. The van der Waals surface area contributed by atoms with E-state index in [0.717, 1.165) is 18.2 Å². The Hall–Kier alpha value is -2.34. The monoisotopic (exact) mass is 346 g/mol. The van der Waals surface area contributed by atoms with Crippen LogP contribution < -0.4 is 0 Å². The predicted octanol–water partition coefficient (Wildman–Crippen LogP) is 4.49. The Balaban J connectivity index is 1.55. The van der Waals surface area contributed by atoms with Crippen molar-refractivity contribution in [2.24, 2.45) is 5.92 Å². The minimum Gasteiger partial charge on any atom is -0.481 e. The number of fused-ring (bicyclic) bond motifs is 1. The molecule has 0 atom stereocenters. The molecule has 1 aliphatic rings. The van der Waals surface area contributed by atoms with Crippen molar-refractivity contribution < 1.29 is 18.7 Å². The molecule has 1 aromatic carbocycles. The average molecular weight is 347 g/mol. The fourth-order valence-electron chi connectivity index (χ4n) is 3.21. The number of benzene rings is 1. The van der Waals surface area contributed by atoms with Crippen LogP contribution in [0.1, 0.15) is 37.5 Å². The van der Waals surface area contributed by atoms with Gasteiger partial charge in [0, 0.05) is 16.3 Å². The van der Waals surface area contributed by atoms with Crippen LogP contribution in [0.5, 0.6) is 0 Å². The molecule has 0 saturated heterocycles. The molecule has 1 saturated carbocycles. The van der Waals surface area contributed by atoms with Crippen LogP contribution in [-0.2, 0) is 4.79 Å². The third kappa shape index (κ3) is 2.78. The summed E-state index contributed by atoms with van der Waals surface area (Å²) in [7, 11) is 0. The van der Waals surface area contributed by atoms with Crippen molar-refractivity contribution in [3.05, 3.63) is 35.2 Å². The zero-order chi connectivity index (χ0) is 16.7. The summed E-state index contributed by atoms with van der Waals surface area (Å²) in [6, 6.07) is 7.19. The van der Waals surface area contributed by atoms with Gasteiger partial charge in [-0.05, 0) is 49.9 Å². The van der Waals surface area contributed by atoms with Crippen molar-refractivity contribution in [1.29, 1.82) is 0 Å². The summed E-state index contributed by atoms with van der Waals surface area (Å²) in [4.78, 5) is 11.0. The summed E-state index contributed by atoms with van der Waals surface area (Å²) >= 11 is 5.98. The molecule has 4 rings (SSSR count). The van der Waals surface area contributed by atoms with E-state index < -0.39 is 5.97 Å². The van der Waals surface area contributed by atoms with Crippen molar-refractivity contribution in [2.45, 2.75) is 31.6 Å². The lowest BCUT2D eigenvalue weighted by atomic mass is 9.82. The number of aromatic nitrogens is 2. The molecule has 1 N–H and O–H groups in total. The van der Waals surface area contributed by atoms with Gasteiger partial charge in [0.15, 0.2) is 5.76 Å². The van der Waals surface area contributed by atoms with Crippen molar-refractivity contribution in [3.63, 3.8) is 0 Å². The van der Waals surface area contributed by atoms with E-state index in [9.17, 15) is 4.79 Å². The predicted molar refractivity (Wildman–Crippen MR) is 86.9 cm³/mol. The van der Waals surface area contributed by atoms with Crippen molar-refractivity contribution in [1.82, 2.24) is 10.2 Å². The number of nitrogens with zero attached hydrogens (tertiary/aromatic N) is 2. The van der Waals surface area contributed by atoms with E-state index in [4.69, 9.17) is 25.5 Å². The maximum atomic E-state index is 11.0. The highest BCUT2D eigenvalue weighted by atomic mass is 35.5. The Labute approximate surface area is 142 Å². The van der Waals surface area contributed by atoms with Gasteiger partial charge in [0.2, 0.25) is 5.89 Å². The fourth-order valence-corrected chi connectivity index (χ4v) is 3.39.